The van der Waals surface area contributed by atoms with Gasteiger partial charge in [-0.3, -0.25) is 4.79 Å². The number of aromatic nitrogens is 3. The summed E-state index contributed by atoms with van der Waals surface area (Å²) < 4.78 is 1.37. The molecular formula is C28H21N7O3. The Bertz CT molecular complexity index is 1700. The molecule has 10 nitrogen and oxygen atoms in total. The first-order valence-electron chi connectivity index (χ1n) is 11.6. The number of carbonyl (C=O) groups excluding carboxylic acids is 1. The zero-order valence-corrected chi connectivity index (χ0v) is 20.1. The van der Waals surface area contributed by atoms with Crippen LogP contribution in [-0.2, 0) is 0 Å². The average molecular weight is 504 g/mol. The van der Waals surface area contributed by atoms with E-state index < -0.39 is 12.0 Å². The van der Waals surface area contributed by atoms with Crippen LogP contribution in [0.2, 0.25) is 0 Å². The SMILES string of the molecule is CC(O)c1ccc(NC(=O)c2cc3ccccc3c(/N=N/c3c(C#N)cnn3-c3ccccn3)c2O)cc1. The summed E-state index contributed by atoms with van der Waals surface area (Å²) in [5, 5.41) is 47.1. The van der Waals surface area contributed by atoms with Crippen LogP contribution in [0, 0.1) is 11.3 Å². The smallest absolute Gasteiger partial charge is 0.259 e. The second-order valence-electron chi connectivity index (χ2n) is 8.39. The molecule has 1 unspecified atom stereocenters. The predicted molar refractivity (Wildman–Crippen MR) is 141 cm³/mol. The highest BCUT2D eigenvalue weighted by atomic mass is 16.3. The molecule has 0 fully saturated rings. The van der Waals surface area contributed by atoms with E-state index in [1.807, 2.05) is 6.07 Å². The summed E-state index contributed by atoms with van der Waals surface area (Å²) in [6, 6.07) is 22.7. The Morgan fingerprint density at radius 1 is 1.08 bits per heavy atom. The molecule has 3 aromatic carbocycles. The predicted octanol–water partition coefficient (Wildman–Crippen LogP) is 5.72. The van der Waals surface area contributed by atoms with Gasteiger partial charge in [-0.1, -0.05) is 42.5 Å². The fourth-order valence-electron chi connectivity index (χ4n) is 3.90. The number of amides is 1. The van der Waals surface area contributed by atoms with Crippen molar-refractivity contribution < 1.29 is 15.0 Å². The summed E-state index contributed by atoms with van der Waals surface area (Å²) in [4.78, 5) is 17.4. The molecule has 0 spiro atoms. The topological polar surface area (TPSA) is 149 Å². The number of nitrogens with one attached hydrogen (secondary N) is 1. The van der Waals surface area contributed by atoms with E-state index in [-0.39, 0.29) is 28.4 Å². The summed E-state index contributed by atoms with van der Waals surface area (Å²) in [6.07, 6.45) is 2.31. The number of carbonyl (C=O) groups is 1. The Morgan fingerprint density at radius 3 is 2.55 bits per heavy atom. The molecule has 2 aromatic heterocycles. The van der Waals surface area contributed by atoms with Gasteiger partial charge in [-0.05, 0) is 48.2 Å². The van der Waals surface area contributed by atoms with Crippen molar-refractivity contribution in [2.24, 2.45) is 10.2 Å². The number of hydrogen-bond donors (Lipinski definition) is 3. The van der Waals surface area contributed by atoms with Crippen LogP contribution in [0.1, 0.15) is 34.5 Å². The Balaban J connectivity index is 1.56. The lowest BCUT2D eigenvalue weighted by molar-refractivity contribution is 0.102. The number of pyridine rings is 1. The number of aliphatic hydroxyl groups excluding tert-OH is 1. The van der Waals surface area contributed by atoms with Crippen molar-refractivity contribution in [2.45, 2.75) is 13.0 Å². The lowest BCUT2D eigenvalue weighted by atomic mass is 10.0. The number of azo groups is 1. The maximum Gasteiger partial charge on any atom is 0.259 e. The van der Waals surface area contributed by atoms with Gasteiger partial charge in [-0.15, -0.1) is 10.2 Å². The van der Waals surface area contributed by atoms with E-state index in [0.29, 0.717) is 27.8 Å². The highest BCUT2D eigenvalue weighted by Gasteiger charge is 2.20. The van der Waals surface area contributed by atoms with E-state index in [9.17, 15) is 20.3 Å². The first-order chi connectivity index (χ1) is 18.5. The number of hydrogen-bond acceptors (Lipinski definition) is 8. The van der Waals surface area contributed by atoms with Crippen LogP contribution in [0.5, 0.6) is 5.75 Å². The zero-order chi connectivity index (χ0) is 26.6. The van der Waals surface area contributed by atoms with Crippen molar-refractivity contribution in [3.05, 3.63) is 102 Å². The van der Waals surface area contributed by atoms with Gasteiger partial charge in [-0.25, -0.2) is 4.98 Å². The summed E-state index contributed by atoms with van der Waals surface area (Å²) in [6.45, 7) is 1.65. The maximum atomic E-state index is 13.2. The zero-order valence-electron chi connectivity index (χ0n) is 20.1. The quantitative estimate of drug-likeness (QED) is 0.252. The molecule has 1 atom stereocenters. The van der Waals surface area contributed by atoms with Crippen LogP contribution < -0.4 is 5.32 Å². The number of benzene rings is 3. The fraction of sp³-hybridized carbons (Fsp3) is 0.0714. The van der Waals surface area contributed by atoms with Crippen molar-refractivity contribution >= 4 is 33.9 Å². The van der Waals surface area contributed by atoms with Gasteiger partial charge >= 0.3 is 0 Å². The Hall–Kier alpha value is -5.40. The number of aromatic hydroxyl groups is 1. The average Bonchev–Trinajstić information content (AvgIpc) is 3.36. The van der Waals surface area contributed by atoms with E-state index in [2.05, 4.69) is 25.6 Å². The molecule has 5 rings (SSSR count). The number of phenols is 1. The van der Waals surface area contributed by atoms with Crippen molar-refractivity contribution in [1.82, 2.24) is 14.8 Å². The van der Waals surface area contributed by atoms with Gasteiger partial charge in [0.05, 0.1) is 17.9 Å². The van der Waals surface area contributed by atoms with E-state index >= 15 is 0 Å². The van der Waals surface area contributed by atoms with Crippen LogP contribution in [0.25, 0.3) is 16.6 Å². The minimum absolute atomic E-state index is 0.00371. The van der Waals surface area contributed by atoms with E-state index in [4.69, 9.17) is 0 Å². The van der Waals surface area contributed by atoms with Crippen LogP contribution in [0.4, 0.5) is 17.2 Å². The first kappa shape index (κ1) is 24.3. The molecule has 0 saturated carbocycles. The molecule has 5 aromatic rings. The van der Waals surface area contributed by atoms with Crippen LogP contribution >= 0.6 is 0 Å². The van der Waals surface area contributed by atoms with Crippen molar-refractivity contribution in [3.63, 3.8) is 0 Å². The summed E-state index contributed by atoms with van der Waals surface area (Å²) in [5.41, 5.74) is 1.43. The Morgan fingerprint density at radius 2 is 1.84 bits per heavy atom. The molecule has 10 heteroatoms. The Kier molecular flexibility index (Phi) is 6.59. The minimum atomic E-state index is -0.632. The highest BCUT2D eigenvalue weighted by molar-refractivity contribution is 6.11. The molecule has 1 amide bonds. The molecule has 38 heavy (non-hydrogen) atoms. The number of nitriles is 1. The standard InChI is InChI=1S/C28H21N7O3/c1-17(36)18-9-11-21(12-10-18)32-28(38)23-14-19-6-2-3-7-22(19)25(26(23)37)33-34-27-20(15-29)16-31-35(27)24-8-4-5-13-30-24/h2-14,16-17,36-37H,1H3,(H,32,38)/b34-33+. The number of aliphatic hydroxyl groups is 1. The van der Waals surface area contributed by atoms with Gasteiger partial charge in [-0.2, -0.15) is 15.0 Å². The molecule has 3 N–H and O–H groups in total. The van der Waals surface area contributed by atoms with Gasteiger partial charge in [0.2, 0.25) is 0 Å². The highest BCUT2D eigenvalue weighted by Crippen LogP contribution is 2.40. The molecule has 2 heterocycles. The number of fused-ring (bicyclic) bond motifs is 1. The third-order valence-corrected chi connectivity index (χ3v) is 5.87. The van der Waals surface area contributed by atoms with Crippen molar-refractivity contribution in [3.8, 4) is 17.6 Å². The van der Waals surface area contributed by atoms with Gasteiger partial charge in [0.1, 0.15) is 17.3 Å². The van der Waals surface area contributed by atoms with Crippen LogP contribution in [0.15, 0.2) is 95.4 Å². The molecule has 0 aliphatic heterocycles. The van der Waals surface area contributed by atoms with Gasteiger partial charge in [0, 0.05) is 17.3 Å². The molecular weight excluding hydrogens is 482 g/mol. The second kappa shape index (κ2) is 10.3. The lowest BCUT2D eigenvalue weighted by Gasteiger charge is -2.12. The number of phenolic OH excluding ortho intramolecular Hbond substituents is 1. The van der Waals surface area contributed by atoms with Gasteiger partial charge < -0.3 is 15.5 Å². The monoisotopic (exact) mass is 503 g/mol. The number of rotatable bonds is 6. The summed E-state index contributed by atoms with van der Waals surface area (Å²) in [5.74, 6) is -0.354. The summed E-state index contributed by atoms with van der Waals surface area (Å²) in [7, 11) is 0. The van der Waals surface area contributed by atoms with Crippen molar-refractivity contribution in [2.75, 3.05) is 5.32 Å². The van der Waals surface area contributed by atoms with Crippen molar-refractivity contribution in [1.29, 1.82) is 5.26 Å². The minimum Gasteiger partial charge on any atom is -0.505 e. The largest absolute Gasteiger partial charge is 0.505 e. The van der Waals surface area contributed by atoms with Gasteiger partial charge in [0.15, 0.2) is 17.4 Å². The fourth-order valence-corrected chi connectivity index (χ4v) is 3.90. The molecule has 0 aliphatic rings. The number of anilines is 1. The molecule has 0 saturated heterocycles. The van der Waals surface area contributed by atoms with E-state index in [1.165, 1.54) is 10.9 Å². The normalized spacial score (nSPS) is 11.9. The van der Waals surface area contributed by atoms with E-state index in [1.54, 1.807) is 85.9 Å². The molecule has 0 aliphatic carbocycles. The molecule has 0 radical (unpaired) electrons. The second-order valence-corrected chi connectivity index (χ2v) is 8.39. The van der Waals surface area contributed by atoms with Crippen LogP contribution in [0.3, 0.4) is 0 Å². The van der Waals surface area contributed by atoms with E-state index in [0.717, 1.165) is 0 Å². The maximum absolute atomic E-state index is 13.2. The summed E-state index contributed by atoms with van der Waals surface area (Å²) >= 11 is 0. The van der Waals surface area contributed by atoms with Gasteiger partial charge in [0.25, 0.3) is 5.91 Å². The number of nitrogens with zero attached hydrogens (tertiary/aromatic N) is 6. The molecule has 186 valence electrons. The third-order valence-electron chi connectivity index (χ3n) is 5.87. The lowest BCUT2D eigenvalue weighted by Crippen LogP contribution is -2.12. The third kappa shape index (κ3) is 4.69. The molecule has 0 bridgehead atoms. The Labute approximate surface area is 217 Å². The van der Waals surface area contributed by atoms with Crippen LogP contribution in [-0.4, -0.2) is 30.9 Å². The first-order valence-corrected chi connectivity index (χ1v) is 11.6.